The molecule has 0 spiro atoms. The number of para-hydroxylation sites is 1. The van der Waals surface area contributed by atoms with E-state index in [0.717, 1.165) is 22.3 Å². The summed E-state index contributed by atoms with van der Waals surface area (Å²) < 4.78 is 5.19. The Labute approximate surface area is 91.7 Å². The fourth-order valence-corrected chi connectivity index (χ4v) is 1.84. The van der Waals surface area contributed by atoms with Gasteiger partial charge in [-0.25, -0.2) is 4.98 Å². The van der Waals surface area contributed by atoms with Crippen LogP contribution in [-0.4, -0.2) is 21.6 Å². The Morgan fingerprint density at radius 3 is 2.79 bits per heavy atom. The van der Waals surface area contributed by atoms with Crippen molar-refractivity contribution < 1.29 is 3.79 Å². The van der Waals surface area contributed by atoms with Crippen LogP contribution in [0.4, 0.5) is 0 Å². The molecular weight excluding hydrogens is 189 g/mol. The number of fused-ring (bicyclic) bond motifs is 1. The zero-order valence-electron chi connectivity index (χ0n) is 8.24. The lowest BCUT2D eigenvalue weighted by molar-refractivity contribution is 0.622. The molecule has 0 aliphatic rings. The number of benzene rings is 1. The molecule has 1 aromatic carbocycles. The van der Waals surface area contributed by atoms with Crippen LogP contribution in [0.3, 0.4) is 0 Å². The van der Waals surface area contributed by atoms with Gasteiger partial charge in [0.1, 0.15) is 11.3 Å². The summed E-state index contributed by atoms with van der Waals surface area (Å²) in [7, 11) is 0. The molecule has 2 nitrogen and oxygen atoms in total. The van der Waals surface area contributed by atoms with E-state index in [9.17, 15) is 0 Å². The van der Waals surface area contributed by atoms with Crippen molar-refractivity contribution in [3.05, 3.63) is 35.5 Å². The fraction of sp³-hybridized carbons (Fsp3) is 0.182. The summed E-state index contributed by atoms with van der Waals surface area (Å²) in [5, 5.41) is 1.15. The van der Waals surface area contributed by atoms with Gasteiger partial charge < -0.3 is 3.79 Å². The molecule has 14 heavy (non-hydrogen) atoms. The quantitative estimate of drug-likeness (QED) is 0.657. The van der Waals surface area contributed by atoms with Crippen LogP contribution >= 0.6 is 0 Å². The van der Waals surface area contributed by atoms with E-state index < -0.39 is 0 Å². The number of rotatable bonds is 1. The lowest BCUT2D eigenvalue weighted by Gasteiger charge is -2.09. The van der Waals surface area contributed by atoms with Crippen LogP contribution in [-0.2, 0) is 0 Å². The van der Waals surface area contributed by atoms with Gasteiger partial charge in [0.05, 0.1) is 0 Å². The van der Waals surface area contributed by atoms with Crippen molar-refractivity contribution in [1.82, 2.24) is 4.98 Å². The Morgan fingerprint density at radius 1 is 1.29 bits per heavy atom. The van der Waals surface area contributed by atoms with Gasteiger partial charge in [-0.3, -0.25) is 0 Å². The van der Waals surface area contributed by atoms with E-state index in [0.29, 0.717) is 0 Å². The highest BCUT2D eigenvalue weighted by Crippen LogP contribution is 2.25. The van der Waals surface area contributed by atoms with Crippen molar-refractivity contribution in [2.24, 2.45) is 0 Å². The zero-order valence-corrected chi connectivity index (χ0v) is 9.40. The van der Waals surface area contributed by atoms with Gasteiger partial charge in [0, 0.05) is 11.1 Å². The highest BCUT2D eigenvalue weighted by Gasteiger charge is 2.04. The Balaban J connectivity index is 2.86. The van der Waals surface area contributed by atoms with Crippen LogP contribution in [0.15, 0.2) is 24.3 Å². The Hall–Kier alpha value is -1.04. The molecule has 2 radical (unpaired) electrons. The highest BCUT2D eigenvalue weighted by atomic mass is 27.1. The molecule has 68 valence electrons. The molecule has 0 fully saturated rings. The van der Waals surface area contributed by atoms with Gasteiger partial charge in [-0.15, -0.1) is 0 Å². The second kappa shape index (κ2) is 3.61. The van der Waals surface area contributed by atoms with Crippen LogP contribution in [0, 0.1) is 13.8 Å². The van der Waals surface area contributed by atoms with Gasteiger partial charge in [0.15, 0.2) is 0 Å². The average molecular weight is 199 g/mol. The van der Waals surface area contributed by atoms with Gasteiger partial charge in [-0.2, -0.15) is 0 Å². The van der Waals surface area contributed by atoms with E-state index in [1.54, 1.807) is 0 Å². The zero-order chi connectivity index (χ0) is 10.1. The van der Waals surface area contributed by atoms with Gasteiger partial charge >= 0.3 is 16.6 Å². The summed E-state index contributed by atoms with van der Waals surface area (Å²) in [5.41, 5.74) is 3.18. The molecule has 0 unspecified atom stereocenters. The summed E-state index contributed by atoms with van der Waals surface area (Å²) in [6, 6.07) is 8.03. The average Bonchev–Trinajstić information content (AvgIpc) is 2.17. The van der Waals surface area contributed by atoms with E-state index in [-0.39, 0.29) is 0 Å². The van der Waals surface area contributed by atoms with Gasteiger partial charge in [-0.05, 0) is 31.5 Å². The fourth-order valence-electron chi connectivity index (χ4n) is 1.65. The minimum atomic E-state index is 0.805. The first-order valence-electron chi connectivity index (χ1n) is 4.46. The Kier molecular flexibility index (Phi) is 2.45. The van der Waals surface area contributed by atoms with Crippen molar-refractivity contribution in [1.29, 1.82) is 0 Å². The van der Waals surface area contributed by atoms with E-state index in [4.69, 9.17) is 3.79 Å². The number of nitrogens with zero attached hydrogens (tertiary/aromatic N) is 1. The van der Waals surface area contributed by atoms with Gasteiger partial charge in [0.2, 0.25) is 0 Å². The molecule has 1 aromatic heterocycles. The molecule has 3 heteroatoms. The largest absolute Gasteiger partial charge is 0.652 e. The predicted octanol–water partition coefficient (Wildman–Crippen LogP) is 2.31. The molecular formula is C11H10AlNO. The standard InChI is InChI=1S/C11H11NO.Al/c1-7-6-8(2)12-11-9(7)4-3-5-10(11)13;/h3-6,13H,1-2H3;/q;+1/p-1. The summed E-state index contributed by atoms with van der Waals surface area (Å²) in [6.45, 7) is 4.08. The maximum atomic E-state index is 5.19. The molecule has 2 aromatic rings. The van der Waals surface area contributed by atoms with Crippen molar-refractivity contribution in [3.8, 4) is 5.75 Å². The minimum Gasteiger partial charge on any atom is -0.652 e. The smallest absolute Gasteiger partial charge is 0.482 e. The van der Waals surface area contributed by atoms with Crippen LogP contribution in [0.5, 0.6) is 5.75 Å². The predicted molar refractivity (Wildman–Crippen MR) is 57.6 cm³/mol. The second-order valence-corrected chi connectivity index (χ2v) is 3.59. The molecule has 0 N–H and O–H groups in total. The SMILES string of the molecule is Cc1cc(C)c2cccc([O][Al])c2n1. The molecule has 0 bridgehead atoms. The molecule has 2 rings (SSSR count). The van der Waals surface area contributed by atoms with E-state index in [1.807, 2.05) is 19.1 Å². The third-order valence-electron chi connectivity index (χ3n) is 2.26. The van der Waals surface area contributed by atoms with Crippen molar-refractivity contribution in [2.45, 2.75) is 13.8 Å². The van der Waals surface area contributed by atoms with Crippen LogP contribution in [0.25, 0.3) is 10.9 Å². The topological polar surface area (TPSA) is 22.1 Å². The van der Waals surface area contributed by atoms with Gasteiger partial charge in [0.25, 0.3) is 0 Å². The number of hydrogen-bond donors (Lipinski definition) is 0. The van der Waals surface area contributed by atoms with Crippen molar-refractivity contribution in [3.63, 3.8) is 0 Å². The van der Waals surface area contributed by atoms with Crippen LogP contribution in [0.1, 0.15) is 11.3 Å². The summed E-state index contributed by atoms with van der Waals surface area (Å²) in [5.74, 6) is 0.805. The van der Waals surface area contributed by atoms with Crippen LogP contribution in [0.2, 0.25) is 0 Å². The molecule has 0 atom stereocenters. The first kappa shape index (κ1) is 9.51. The normalized spacial score (nSPS) is 10.4. The molecule has 0 aliphatic heterocycles. The molecule has 0 amide bonds. The van der Waals surface area contributed by atoms with Crippen LogP contribution < -0.4 is 3.79 Å². The molecule has 0 saturated heterocycles. The lowest BCUT2D eigenvalue weighted by Crippen LogP contribution is -1.92. The number of pyridine rings is 1. The van der Waals surface area contributed by atoms with E-state index >= 15 is 0 Å². The Morgan fingerprint density at radius 2 is 2.07 bits per heavy atom. The summed E-state index contributed by atoms with van der Waals surface area (Å²) in [6.07, 6.45) is 0. The maximum absolute atomic E-state index is 5.19. The van der Waals surface area contributed by atoms with E-state index in [1.165, 1.54) is 5.56 Å². The minimum absolute atomic E-state index is 0.805. The lowest BCUT2D eigenvalue weighted by atomic mass is 10.1. The summed E-state index contributed by atoms with van der Waals surface area (Å²) in [4.78, 5) is 4.47. The van der Waals surface area contributed by atoms with Crippen molar-refractivity contribution in [2.75, 3.05) is 0 Å². The third-order valence-corrected chi connectivity index (χ3v) is 2.52. The highest BCUT2D eigenvalue weighted by molar-refractivity contribution is 6.02. The first-order valence-corrected chi connectivity index (χ1v) is 4.93. The van der Waals surface area contributed by atoms with E-state index in [2.05, 4.69) is 40.7 Å². The first-order chi connectivity index (χ1) is 6.72. The van der Waals surface area contributed by atoms with Crippen molar-refractivity contribution >= 4 is 27.5 Å². The molecule has 0 aliphatic carbocycles. The number of aryl methyl sites for hydroxylation is 2. The Bertz CT molecular complexity index is 482. The maximum Gasteiger partial charge on any atom is 0.482 e. The number of aromatic nitrogens is 1. The monoisotopic (exact) mass is 199 g/mol. The molecule has 1 heterocycles. The summed E-state index contributed by atoms with van der Waals surface area (Å²) >= 11 is 2.26. The van der Waals surface area contributed by atoms with Gasteiger partial charge in [-0.1, -0.05) is 12.1 Å². The third kappa shape index (κ3) is 1.50. The molecule has 0 saturated carbocycles. The second-order valence-electron chi connectivity index (χ2n) is 3.35. The number of hydrogen-bond acceptors (Lipinski definition) is 2.